The van der Waals surface area contributed by atoms with Crippen molar-refractivity contribution in [1.82, 2.24) is 10.2 Å². The van der Waals surface area contributed by atoms with Gasteiger partial charge in [0.2, 0.25) is 11.8 Å². The molecule has 5 nitrogen and oxygen atoms in total. The van der Waals surface area contributed by atoms with Gasteiger partial charge in [0.15, 0.2) is 0 Å². The molecule has 2 heterocycles. The number of amides is 2. The first-order valence-corrected chi connectivity index (χ1v) is 6.19. The third-order valence-electron chi connectivity index (χ3n) is 3.89. The Kier molecular flexibility index (Phi) is 3.66. The number of hydrogen-bond donors (Lipinski definition) is 1. The number of likely N-dealkylation sites (tertiary alicyclic amines) is 1. The van der Waals surface area contributed by atoms with Gasteiger partial charge in [-0.3, -0.25) is 9.59 Å². The molecule has 0 unspecified atom stereocenters. The van der Waals surface area contributed by atoms with Gasteiger partial charge >= 0.3 is 0 Å². The second kappa shape index (κ2) is 5.04. The Morgan fingerprint density at radius 2 is 2.18 bits per heavy atom. The summed E-state index contributed by atoms with van der Waals surface area (Å²) < 4.78 is 4.91. The van der Waals surface area contributed by atoms with Gasteiger partial charge in [-0.15, -0.1) is 0 Å². The van der Waals surface area contributed by atoms with Crippen LogP contribution in [0.4, 0.5) is 0 Å². The van der Waals surface area contributed by atoms with Gasteiger partial charge < -0.3 is 15.0 Å². The van der Waals surface area contributed by atoms with Crippen LogP contribution in [0.3, 0.4) is 0 Å². The molecular weight excluding hydrogens is 220 g/mol. The first-order valence-electron chi connectivity index (χ1n) is 6.19. The summed E-state index contributed by atoms with van der Waals surface area (Å²) >= 11 is 0. The maximum atomic E-state index is 11.8. The molecule has 0 bridgehead atoms. The van der Waals surface area contributed by atoms with E-state index in [0.29, 0.717) is 19.4 Å². The van der Waals surface area contributed by atoms with Crippen LogP contribution >= 0.6 is 0 Å². The first-order chi connectivity index (χ1) is 8.15. The molecule has 0 aromatic heterocycles. The molecule has 2 rings (SSSR count). The Bertz CT molecular complexity index is 309. The number of methoxy groups -OCH3 is 1. The van der Waals surface area contributed by atoms with E-state index in [0.717, 1.165) is 32.5 Å². The van der Waals surface area contributed by atoms with Crippen LogP contribution < -0.4 is 5.32 Å². The Labute approximate surface area is 101 Å². The van der Waals surface area contributed by atoms with Crippen molar-refractivity contribution in [1.29, 1.82) is 0 Å². The summed E-state index contributed by atoms with van der Waals surface area (Å²) in [6, 6.07) is 0. The quantitative estimate of drug-likeness (QED) is 0.764. The van der Waals surface area contributed by atoms with Crippen LogP contribution in [0.15, 0.2) is 0 Å². The smallest absolute Gasteiger partial charge is 0.224 e. The Balaban J connectivity index is 1.81. The molecule has 2 aliphatic heterocycles. The van der Waals surface area contributed by atoms with Crippen molar-refractivity contribution in [2.24, 2.45) is 5.41 Å². The topological polar surface area (TPSA) is 58.6 Å². The molecule has 2 aliphatic rings. The van der Waals surface area contributed by atoms with E-state index in [1.165, 1.54) is 0 Å². The molecule has 5 heteroatoms. The lowest BCUT2D eigenvalue weighted by atomic mass is 9.77. The normalized spacial score (nSPS) is 22.9. The SMILES string of the molecule is COCCC(=O)N1CCC2(CC1)CNC(=O)C2. The van der Waals surface area contributed by atoms with Gasteiger partial charge in [-0.05, 0) is 18.3 Å². The van der Waals surface area contributed by atoms with Crippen molar-refractivity contribution in [3.05, 3.63) is 0 Å². The number of piperidine rings is 1. The average Bonchev–Trinajstić information content (AvgIpc) is 2.68. The molecule has 1 spiro atoms. The van der Waals surface area contributed by atoms with Crippen molar-refractivity contribution in [2.45, 2.75) is 25.7 Å². The highest BCUT2D eigenvalue weighted by molar-refractivity contribution is 5.79. The van der Waals surface area contributed by atoms with Crippen LogP contribution in [0.5, 0.6) is 0 Å². The predicted molar refractivity (Wildman–Crippen MR) is 62.4 cm³/mol. The maximum absolute atomic E-state index is 11.8. The van der Waals surface area contributed by atoms with Gasteiger partial charge in [0.1, 0.15) is 0 Å². The number of nitrogens with one attached hydrogen (secondary N) is 1. The highest BCUT2D eigenvalue weighted by Crippen LogP contribution is 2.37. The highest BCUT2D eigenvalue weighted by Gasteiger charge is 2.41. The summed E-state index contributed by atoms with van der Waals surface area (Å²) in [5, 5.41) is 2.90. The summed E-state index contributed by atoms with van der Waals surface area (Å²) in [6.07, 6.45) is 2.96. The monoisotopic (exact) mass is 240 g/mol. The fourth-order valence-corrected chi connectivity index (χ4v) is 2.68. The minimum Gasteiger partial charge on any atom is -0.384 e. The molecule has 2 saturated heterocycles. The van der Waals surface area contributed by atoms with Crippen LogP contribution in [0.25, 0.3) is 0 Å². The summed E-state index contributed by atoms with van der Waals surface area (Å²) in [5.74, 6) is 0.322. The fraction of sp³-hybridized carbons (Fsp3) is 0.833. The standard InChI is InChI=1S/C12H20N2O3/c1-17-7-2-11(16)14-5-3-12(4-6-14)8-10(15)13-9-12/h2-9H2,1H3,(H,13,15). The van der Waals surface area contributed by atoms with E-state index in [1.807, 2.05) is 4.90 Å². The Hall–Kier alpha value is -1.10. The van der Waals surface area contributed by atoms with Gasteiger partial charge in [-0.25, -0.2) is 0 Å². The molecule has 1 N–H and O–H groups in total. The number of rotatable bonds is 3. The molecular formula is C12H20N2O3. The average molecular weight is 240 g/mol. The third kappa shape index (κ3) is 2.77. The number of carbonyl (C=O) groups is 2. The van der Waals surface area contributed by atoms with E-state index in [-0.39, 0.29) is 17.2 Å². The molecule has 0 saturated carbocycles. The predicted octanol–water partition coefficient (Wildman–Crippen LogP) is 0.152. The zero-order chi connectivity index (χ0) is 12.3. The lowest BCUT2D eigenvalue weighted by Crippen LogP contribution is -2.44. The number of ether oxygens (including phenoxy) is 1. The minimum atomic E-state index is 0.120. The molecule has 0 atom stereocenters. The van der Waals surface area contributed by atoms with Gasteiger partial charge in [-0.1, -0.05) is 0 Å². The molecule has 17 heavy (non-hydrogen) atoms. The summed E-state index contributed by atoms with van der Waals surface area (Å²) in [6.45, 7) is 2.82. The van der Waals surface area contributed by atoms with Crippen LogP contribution in [0.1, 0.15) is 25.7 Å². The first kappa shape index (κ1) is 12.4. The number of carbonyl (C=O) groups excluding carboxylic acids is 2. The van der Waals surface area contributed by atoms with Gasteiger partial charge in [0.05, 0.1) is 13.0 Å². The van der Waals surface area contributed by atoms with Crippen molar-refractivity contribution in [2.75, 3.05) is 33.4 Å². The Morgan fingerprint density at radius 3 is 2.71 bits per heavy atom. The molecule has 0 aliphatic carbocycles. The van der Waals surface area contributed by atoms with Crippen molar-refractivity contribution in [3.63, 3.8) is 0 Å². The van der Waals surface area contributed by atoms with Crippen LogP contribution in [-0.2, 0) is 14.3 Å². The van der Waals surface area contributed by atoms with E-state index in [1.54, 1.807) is 7.11 Å². The largest absolute Gasteiger partial charge is 0.384 e. The van der Waals surface area contributed by atoms with Crippen molar-refractivity contribution < 1.29 is 14.3 Å². The highest BCUT2D eigenvalue weighted by atomic mass is 16.5. The van der Waals surface area contributed by atoms with E-state index < -0.39 is 0 Å². The van der Waals surface area contributed by atoms with Crippen molar-refractivity contribution in [3.8, 4) is 0 Å². The van der Waals surface area contributed by atoms with Gasteiger partial charge in [0, 0.05) is 33.2 Å². The van der Waals surface area contributed by atoms with E-state index in [4.69, 9.17) is 4.74 Å². The van der Waals surface area contributed by atoms with Crippen molar-refractivity contribution >= 4 is 11.8 Å². The molecule has 0 aromatic rings. The summed E-state index contributed by atoms with van der Waals surface area (Å²) in [4.78, 5) is 24.9. The van der Waals surface area contributed by atoms with Crippen LogP contribution in [0, 0.1) is 5.41 Å². The minimum absolute atomic E-state index is 0.120. The lowest BCUT2D eigenvalue weighted by molar-refractivity contribution is -0.134. The van der Waals surface area contributed by atoms with E-state index in [9.17, 15) is 9.59 Å². The van der Waals surface area contributed by atoms with E-state index >= 15 is 0 Å². The van der Waals surface area contributed by atoms with Crippen LogP contribution in [0.2, 0.25) is 0 Å². The molecule has 0 radical (unpaired) electrons. The fourth-order valence-electron chi connectivity index (χ4n) is 2.68. The number of hydrogen-bond acceptors (Lipinski definition) is 3. The zero-order valence-electron chi connectivity index (χ0n) is 10.3. The molecule has 2 fully saturated rings. The second-order valence-electron chi connectivity index (χ2n) is 5.08. The maximum Gasteiger partial charge on any atom is 0.224 e. The third-order valence-corrected chi connectivity index (χ3v) is 3.89. The lowest BCUT2D eigenvalue weighted by Gasteiger charge is -2.38. The summed E-state index contributed by atoms with van der Waals surface area (Å²) in [7, 11) is 1.61. The summed E-state index contributed by atoms with van der Waals surface area (Å²) in [5.41, 5.74) is 0.120. The van der Waals surface area contributed by atoms with E-state index in [2.05, 4.69) is 5.32 Å². The van der Waals surface area contributed by atoms with Crippen LogP contribution in [-0.4, -0.2) is 50.1 Å². The van der Waals surface area contributed by atoms with Gasteiger partial charge in [0.25, 0.3) is 0 Å². The molecule has 96 valence electrons. The zero-order valence-corrected chi connectivity index (χ0v) is 10.3. The second-order valence-corrected chi connectivity index (χ2v) is 5.08. The molecule has 0 aromatic carbocycles. The van der Waals surface area contributed by atoms with Gasteiger partial charge in [-0.2, -0.15) is 0 Å². The number of nitrogens with zero attached hydrogens (tertiary/aromatic N) is 1. The Morgan fingerprint density at radius 1 is 1.47 bits per heavy atom. The molecule has 2 amide bonds.